The molecule has 0 heterocycles. The minimum Gasteiger partial charge on any atom is -0.465 e. The van der Waals surface area contributed by atoms with Gasteiger partial charge in [0.2, 0.25) is 5.60 Å². The molecule has 1 fully saturated rings. The smallest absolute Gasteiger partial charge is 0.350 e. The number of rotatable bonds is 15. The fourth-order valence-electron chi connectivity index (χ4n) is 3.77. The largest absolute Gasteiger partial charge is 0.465 e. The van der Waals surface area contributed by atoms with Crippen molar-refractivity contribution in [3.8, 4) is 0 Å². The summed E-state index contributed by atoms with van der Waals surface area (Å²) in [6, 6.07) is 0. The zero-order chi connectivity index (χ0) is 23.1. The minimum atomic E-state index is -1.33. The molecule has 0 aliphatic heterocycles. The van der Waals surface area contributed by atoms with E-state index in [0.717, 1.165) is 31.8 Å². The van der Waals surface area contributed by atoms with Gasteiger partial charge in [-0.2, -0.15) is 0 Å². The third-order valence-electron chi connectivity index (χ3n) is 5.88. The van der Waals surface area contributed by atoms with E-state index in [4.69, 9.17) is 14.2 Å². The number of carbonyl (C=O) groups is 3. The van der Waals surface area contributed by atoms with Crippen molar-refractivity contribution in [1.82, 2.24) is 0 Å². The molecule has 6 heteroatoms. The Morgan fingerprint density at radius 2 is 1.58 bits per heavy atom. The highest BCUT2D eigenvalue weighted by atomic mass is 16.6. The summed E-state index contributed by atoms with van der Waals surface area (Å²) in [7, 11) is 0. The molecule has 0 bridgehead atoms. The SMILES string of the molecule is C=CC(=O)OC1(C(=O)OCCCCCCCCC)CCC(C(=O)OCCC(C)C)CC1. The van der Waals surface area contributed by atoms with Gasteiger partial charge in [0.15, 0.2) is 0 Å². The Morgan fingerprint density at radius 3 is 2.16 bits per heavy atom. The van der Waals surface area contributed by atoms with Gasteiger partial charge in [0, 0.05) is 6.08 Å². The Kier molecular flexibility index (Phi) is 13.2. The summed E-state index contributed by atoms with van der Waals surface area (Å²) in [6.07, 6.45) is 11.1. The second-order valence-corrected chi connectivity index (χ2v) is 9.00. The van der Waals surface area contributed by atoms with Crippen LogP contribution in [0, 0.1) is 11.8 Å². The van der Waals surface area contributed by atoms with Crippen molar-refractivity contribution in [2.24, 2.45) is 11.8 Å². The van der Waals surface area contributed by atoms with E-state index >= 15 is 0 Å². The van der Waals surface area contributed by atoms with Crippen LogP contribution in [0.5, 0.6) is 0 Å². The summed E-state index contributed by atoms with van der Waals surface area (Å²) in [5.74, 6) is -1.21. The van der Waals surface area contributed by atoms with Crippen LogP contribution in [0.15, 0.2) is 12.7 Å². The maximum Gasteiger partial charge on any atom is 0.350 e. The first-order chi connectivity index (χ1) is 14.8. The van der Waals surface area contributed by atoms with E-state index in [1.165, 1.54) is 25.7 Å². The molecule has 0 saturated heterocycles. The average Bonchev–Trinajstić information content (AvgIpc) is 2.75. The molecule has 0 spiro atoms. The van der Waals surface area contributed by atoms with Crippen molar-refractivity contribution in [1.29, 1.82) is 0 Å². The van der Waals surface area contributed by atoms with Crippen molar-refractivity contribution in [3.05, 3.63) is 12.7 Å². The zero-order valence-corrected chi connectivity index (χ0v) is 19.8. The van der Waals surface area contributed by atoms with Gasteiger partial charge in [0.1, 0.15) is 0 Å². The normalized spacial score (nSPS) is 20.8. The van der Waals surface area contributed by atoms with Crippen LogP contribution >= 0.6 is 0 Å². The standard InChI is InChI=1S/C25H42O6/c1-5-7-8-9-10-11-12-18-30-24(28)25(31-22(26)6-2)16-13-21(14-17-25)23(27)29-19-15-20(3)4/h6,20-21H,2,5,7-19H2,1,3-4H3. The second-order valence-electron chi connectivity index (χ2n) is 9.00. The minimum absolute atomic E-state index is 0.235. The molecule has 0 aromatic heterocycles. The zero-order valence-electron chi connectivity index (χ0n) is 19.8. The first-order valence-electron chi connectivity index (χ1n) is 12.0. The summed E-state index contributed by atoms with van der Waals surface area (Å²) in [6.45, 7) is 10.5. The summed E-state index contributed by atoms with van der Waals surface area (Å²) >= 11 is 0. The van der Waals surface area contributed by atoms with Gasteiger partial charge in [-0.1, -0.05) is 65.9 Å². The van der Waals surface area contributed by atoms with Crippen molar-refractivity contribution in [2.75, 3.05) is 13.2 Å². The molecule has 1 aliphatic rings. The van der Waals surface area contributed by atoms with Gasteiger partial charge in [-0.25, -0.2) is 9.59 Å². The van der Waals surface area contributed by atoms with Crippen molar-refractivity contribution in [2.45, 2.75) is 103 Å². The third-order valence-corrected chi connectivity index (χ3v) is 5.88. The maximum atomic E-state index is 12.8. The molecule has 31 heavy (non-hydrogen) atoms. The molecule has 178 valence electrons. The van der Waals surface area contributed by atoms with Gasteiger partial charge in [-0.3, -0.25) is 4.79 Å². The first-order valence-corrected chi connectivity index (χ1v) is 12.0. The maximum absolute atomic E-state index is 12.8. The molecule has 1 saturated carbocycles. The summed E-state index contributed by atoms with van der Waals surface area (Å²) < 4.78 is 16.3. The van der Waals surface area contributed by atoms with Crippen molar-refractivity contribution in [3.63, 3.8) is 0 Å². The highest BCUT2D eigenvalue weighted by Gasteiger charge is 2.48. The quantitative estimate of drug-likeness (QED) is 0.145. The second kappa shape index (κ2) is 15.0. The van der Waals surface area contributed by atoms with Gasteiger partial charge in [-0.15, -0.1) is 0 Å². The highest BCUT2D eigenvalue weighted by Crippen LogP contribution is 2.37. The van der Waals surface area contributed by atoms with Crippen LogP contribution in [-0.4, -0.2) is 36.7 Å². The Hall–Kier alpha value is -1.85. The van der Waals surface area contributed by atoms with E-state index in [0.29, 0.717) is 32.0 Å². The number of hydrogen-bond acceptors (Lipinski definition) is 6. The fourth-order valence-corrected chi connectivity index (χ4v) is 3.77. The molecule has 0 radical (unpaired) electrons. The molecular formula is C25H42O6. The molecule has 0 atom stereocenters. The van der Waals surface area contributed by atoms with Crippen LogP contribution in [0.25, 0.3) is 0 Å². The molecule has 0 N–H and O–H groups in total. The summed E-state index contributed by atoms with van der Waals surface area (Å²) in [4.78, 5) is 37.0. The van der Waals surface area contributed by atoms with E-state index in [1.54, 1.807) is 0 Å². The number of ether oxygens (including phenoxy) is 3. The highest BCUT2D eigenvalue weighted by molar-refractivity contribution is 5.88. The third kappa shape index (κ3) is 10.3. The van der Waals surface area contributed by atoms with E-state index in [1.807, 2.05) is 0 Å². The number of esters is 3. The van der Waals surface area contributed by atoms with Gasteiger partial charge in [-0.05, 0) is 44.4 Å². The fraction of sp³-hybridized carbons (Fsp3) is 0.800. The lowest BCUT2D eigenvalue weighted by Gasteiger charge is -2.36. The molecule has 0 amide bonds. The lowest BCUT2D eigenvalue weighted by atomic mass is 9.78. The lowest BCUT2D eigenvalue weighted by Crippen LogP contribution is -2.48. The van der Waals surface area contributed by atoms with Crippen LogP contribution in [0.3, 0.4) is 0 Å². The predicted octanol–water partition coefficient (Wildman–Crippen LogP) is 5.53. The summed E-state index contributed by atoms with van der Waals surface area (Å²) in [5.41, 5.74) is -1.33. The number of hydrogen-bond donors (Lipinski definition) is 0. The molecule has 6 nitrogen and oxygen atoms in total. The van der Waals surface area contributed by atoms with Crippen LogP contribution in [0.1, 0.15) is 97.8 Å². The Labute approximate surface area is 188 Å². The van der Waals surface area contributed by atoms with Gasteiger partial charge < -0.3 is 14.2 Å². The monoisotopic (exact) mass is 438 g/mol. The van der Waals surface area contributed by atoms with Crippen LogP contribution in [0.2, 0.25) is 0 Å². The molecule has 0 aromatic carbocycles. The Bertz CT molecular complexity index is 560. The predicted molar refractivity (Wildman–Crippen MR) is 120 cm³/mol. The van der Waals surface area contributed by atoms with Gasteiger partial charge >= 0.3 is 17.9 Å². The van der Waals surface area contributed by atoms with Crippen molar-refractivity contribution < 1.29 is 28.6 Å². The van der Waals surface area contributed by atoms with E-state index < -0.39 is 17.5 Å². The van der Waals surface area contributed by atoms with Crippen LogP contribution in [0.4, 0.5) is 0 Å². The average molecular weight is 439 g/mol. The van der Waals surface area contributed by atoms with Gasteiger partial charge in [0.25, 0.3) is 0 Å². The summed E-state index contributed by atoms with van der Waals surface area (Å²) in [5, 5.41) is 0. The molecule has 0 aromatic rings. The van der Waals surface area contributed by atoms with E-state index in [9.17, 15) is 14.4 Å². The number of carbonyl (C=O) groups excluding carboxylic acids is 3. The topological polar surface area (TPSA) is 78.9 Å². The molecule has 1 aliphatic carbocycles. The lowest BCUT2D eigenvalue weighted by molar-refractivity contribution is -0.186. The Balaban J connectivity index is 2.50. The van der Waals surface area contributed by atoms with Crippen LogP contribution < -0.4 is 0 Å². The van der Waals surface area contributed by atoms with E-state index in [2.05, 4.69) is 27.4 Å². The molecule has 0 unspecified atom stereocenters. The Morgan fingerprint density at radius 1 is 0.968 bits per heavy atom. The molecular weight excluding hydrogens is 396 g/mol. The van der Waals surface area contributed by atoms with Gasteiger partial charge in [0.05, 0.1) is 19.1 Å². The van der Waals surface area contributed by atoms with Crippen LogP contribution in [-0.2, 0) is 28.6 Å². The van der Waals surface area contributed by atoms with E-state index in [-0.39, 0.29) is 24.7 Å². The first kappa shape index (κ1) is 27.2. The molecule has 1 rings (SSSR count). The number of unbranched alkanes of at least 4 members (excludes halogenated alkanes) is 6. The van der Waals surface area contributed by atoms with Crippen molar-refractivity contribution >= 4 is 17.9 Å².